The summed E-state index contributed by atoms with van der Waals surface area (Å²) < 4.78 is 1.19. The first-order valence-corrected chi connectivity index (χ1v) is 6.00. The Kier molecular flexibility index (Phi) is 3.13. The molecule has 17 heavy (non-hydrogen) atoms. The van der Waals surface area contributed by atoms with Crippen molar-refractivity contribution in [3.05, 3.63) is 22.7 Å². The normalized spacial score (nSPS) is 32.9. The molecule has 7 nitrogen and oxygen atoms in total. The summed E-state index contributed by atoms with van der Waals surface area (Å²) in [6.45, 7) is -0.561. The average Bonchev–Trinajstić information content (AvgIpc) is 2.58. The number of hydrogen-bond acceptors (Lipinski definition) is 7. The van der Waals surface area contributed by atoms with E-state index in [2.05, 4.69) is 4.98 Å². The van der Waals surface area contributed by atoms with Gasteiger partial charge in [-0.3, -0.25) is 4.57 Å². The molecule has 0 bridgehead atoms. The quantitative estimate of drug-likeness (QED) is 0.492. The van der Waals surface area contributed by atoms with Crippen LogP contribution in [-0.4, -0.2) is 48.9 Å². The van der Waals surface area contributed by atoms with E-state index in [9.17, 15) is 15.0 Å². The second-order valence-corrected chi connectivity index (χ2v) is 5.06. The minimum atomic E-state index is -1.59. The Balaban J connectivity index is 2.34. The van der Waals surface area contributed by atoms with Crippen LogP contribution in [0.3, 0.4) is 0 Å². The third kappa shape index (κ3) is 2.04. The third-order valence-corrected chi connectivity index (χ3v) is 4.22. The molecule has 3 atom stereocenters. The van der Waals surface area contributed by atoms with Crippen LogP contribution in [0.4, 0.5) is 5.82 Å². The van der Waals surface area contributed by atoms with Gasteiger partial charge in [-0.15, -0.1) is 11.8 Å². The van der Waals surface area contributed by atoms with Crippen LogP contribution >= 0.6 is 11.8 Å². The molecule has 0 amide bonds. The lowest BCUT2D eigenvalue weighted by atomic mass is 10.0. The summed E-state index contributed by atoms with van der Waals surface area (Å²) >= 11 is 1.18. The molecule has 1 aliphatic heterocycles. The summed E-state index contributed by atoms with van der Waals surface area (Å²) in [4.78, 5) is 15.1. The molecule has 2 heterocycles. The zero-order valence-electron chi connectivity index (χ0n) is 8.85. The number of rotatable bonds is 2. The van der Waals surface area contributed by atoms with Crippen molar-refractivity contribution < 1.29 is 15.3 Å². The maximum atomic E-state index is 11.6. The van der Waals surface area contributed by atoms with Gasteiger partial charge in [0.05, 0.1) is 6.61 Å². The minimum absolute atomic E-state index is 0.0983. The molecule has 1 fully saturated rings. The van der Waals surface area contributed by atoms with Crippen molar-refractivity contribution in [3.63, 3.8) is 0 Å². The van der Waals surface area contributed by atoms with Gasteiger partial charge in [-0.1, -0.05) is 0 Å². The van der Waals surface area contributed by atoms with Gasteiger partial charge in [0.2, 0.25) is 0 Å². The van der Waals surface area contributed by atoms with Crippen molar-refractivity contribution >= 4 is 17.6 Å². The Morgan fingerprint density at radius 2 is 2.41 bits per heavy atom. The Labute approximate surface area is 101 Å². The Hall–Kier alpha value is -1.09. The SMILES string of the molecule is Nc1ccn([C@@H]2SC[C@](O)(CO)[C@H]2O)c(=O)n1. The van der Waals surface area contributed by atoms with Crippen LogP contribution in [0.5, 0.6) is 0 Å². The van der Waals surface area contributed by atoms with Crippen LogP contribution < -0.4 is 11.4 Å². The van der Waals surface area contributed by atoms with E-state index >= 15 is 0 Å². The molecule has 0 radical (unpaired) electrons. The van der Waals surface area contributed by atoms with E-state index in [1.165, 1.54) is 28.6 Å². The first-order valence-electron chi connectivity index (χ1n) is 4.95. The second kappa shape index (κ2) is 4.30. The van der Waals surface area contributed by atoms with Gasteiger partial charge in [-0.25, -0.2) is 4.79 Å². The van der Waals surface area contributed by atoms with Gasteiger partial charge >= 0.3 is 5.69 Å². The molecule has 0 aromatic carbocycles. The van der Waals surface area contributed by atoms with Crippen molar-refractivity contribution in [2.24, 2.45) is 0 Å². The maximum Gasteiger partial charge on any atom is 0.350 e. The lowest BCUT2D eigenvalue weighted by Crippen LogP contribution is -2.47. The van der Waals surface area contributed by atoms with Crippen molar-refractivity contribution in [2.45, 2.75) is 17.1 Å². The number of hydrogen-bond donors (Lipinski definition) is 4. The zero-order valence-corrected chi connectivity index (χ0v) is 9.67. The standard InChI is InChI=1S/C9H13N3O4S/c10-5-1-2-12(8(15)11-5)7-6(14)9(16,3-13)4-17-7/h1-2,6-7,13-14,16H,3-4H2,(H2,10,11,15)/t6-,7+,9+/m0/s1. The van der Waals surface area contributed by atoms with E-state index in [0.29, 0.717) is 0 Å². The van der Waals surface area contributed by atoms with E-state index in [4.69, 9.17) is 10.8 Å². The van der Waals surface area contributed by atoms with Crippen LogP contribution in [0.1, 0.15) is 5.37 Å². The van der Waals surface area contributed by atoms with E-state index in [-0.39, 0.29) is 11.6 Å². The highest BCUT2D eigenvalue weighted by molar-refractivity contribution is 7.99. The van der Waals surface area contributed by atoms with Crippen LogP contribution in [0.2, 0.25) is 0 Å². The van der Waals surface area contributed by atoms with Crippen LogP contribution in [-0.2, 0) is 0 Å². The van der Waals surface area contributed by atoms with Crippen molar-refractivity contribution in [1.29, 1.82) is 0 Å². The largest absolute Gasteiger partial charge is 0.393 e. The predicted molar refractivity (Wildman–Crippen MR) is 62.4 cm³/mol. The van der Waals surface area contributed by atoms with Crippen LogP contribution in [0.15, 0.2) is 17.1 Å². The fraction of sp³-hybridized carbons (Fsp3) is 0.556. The highest BCUT2D eigenvalue weighted by atomic mass is 32.2. The van der Waals surface area contributed by atoms with Crippen molar-refractivity contribution in [3.8, 4) is 0 Å². The summed E-state index contributed by atoms with van der Waals surface area (Å²) in [6.07, 6.45) is 0.176. The van der Waals surface area contributed by atoms with Gasteiger partial charge in [0.25, 0.3) is 0 Å². The summed E-state index contributed by atoms with van der Waals surface area (Å²) in [5.74, 6) is 0.243. The number of aliphatic hydroxyl groups is 3. The molecule has 1 aromatic heterocycles. The fourth-order valence-electron chi connectivity index (χ4n) is 1.66. The third-order valence-electron chi connectivity index (χ3n) is 2.72. The topological polar surface area (TPSA) is 122 Å². The molecule has 2 rings (SSSR count). The molecule has 0 spiro atoms. The molecule has 1 aromatic rings. The van der Waals surface area contributed by atoms with Crippen molar-refractivity contribution in [1.82, 2.24) is 9.55 Å². The molecule has 8 heteroatoms. The van der Waals surface area contributed by atoms with Crippen molar-refractivity contribution in [2.75, 3.05) is 18.1 Å². The van der Waals surface area contributed by atoms with E-state index in [1.807, 2.05) is 0 Å². The van der Waals surface area contributed by atoms with Crippen LogP contribution in [0.25, 0.3) is 0 Å². The van der Waals surface area contributed by atoms with Gasteiger partial charge < -0.3 is 21.1 Å². The molecule has 0 unspecified atom stereocenters. The number of nitrogen functional groups attached to an aromatic ring is 1. The summed E-state index contributed by atoms with van der Waals surface area (Å²) in [6, 6.07) is 1.44. The summed E-state index contributed by atoms with van der Waals surface area (Å²) in [5.41, 5.74) is 3.18. The van der Waals surface area contributed by atoms with Crippen LogP contribution in [0, 0.1) is 0 Å². The van der Waals surface area contributed by atoms with Gasteiger partial charge in [0, 0.05) is 11.9 Å². The first kappa shape index (κ1) is 12.4. The van der Waals surface area contributed by atoms with E-state index in [0.717, 1.165) is 0 Å². The van der Waals surface area contributed by atoms with E-state index < -0.39 is 29.4 Å². The smallest absolute Gasteiger partial charge is 0.350 e. The molecular formula is C9H13N3O4S. The number of aliphatic hydroxyl groups excluding tert-OH is 2. The van der Waals surface area contributed by atoms with Gasteiger partial charge in [-0.2, -0.15) is 4.98 Å². The highest BCUT2D eigenvalue weighted by Crippen LogP contribution is 2.41. The number of thioether (sulfide) groups is 1. The molecule has 1 saturated heterocycles. The average molecular weight is 259 g/mol. The number of aromatic nitrogens is 2. The lowest BCUT2D eigenvalue weighted by molar-refractivity contribution is -0.0876. The molecule has 1 aliphatic rings. The monoisotopic (exact) mass is 259 g/mol. The van der Waals surface area contributed by atoms with Gasteiger partial charge in [-0.05, 0) is 6.07 Å². The predicted octanol–water partition coefficient (Wildman–Crippen LogP) is -1.84. The number of nitrogens with two attached hydrogens (primary N) is 1. The minimum Gasteiger partial charge on any atom is -0.393 e. The molecular weight excluding hydrogens is 246 g/mol. The lowest BCUT2D eigenvalue weighted by Gasteiger charge is -2.25. The molecule has 0 aliphatic carbocycles. The maximum absolute atomic E-state index is 11.6. The fourth-order valence-corrected chi connectivity index (χ4v) is 3.14. The summed E-state index contributed by atoms with van der Waals surface area (Å²) in [5, 5.41) is 28.1. The van der Waals surface area contributed by atoms with Gasteiger partial charge in [0.15, 0.2) is 0 Å². The van der Waals surface area contributed by atoms with Gasteiger partial charge in [0.1, 0.15) is 22.9 Å². The highest BCUT2D eigenvalue weighted by Gasteiger charge is 2.48. The Morgan fingerprint density at radius 1 is 1.71 bits per heavy atom. The number of nitrogens with zero attached hydrogens (tertiary/aromatic N) is 2. The second-order valence-electron chi connectivity index (χ2n) is 3.95. The molecule has 0 saturated carbocycles. The molecule has 94 valence electrons. The molecule has 5 N–H and O–H groups in total. The zero-order chi connectivity index (χ0) is 12.6. The Morgan fingerprint density at radius 3 is 2.94 bits per heavy atom. The first-order chi connectivity index (χ1) is 7.98. The summed E-state index contributed by atoms with van der Waals surface area (Å²) in [7, 11) is 0. The number of anilines is 1. The van der Waals surface area contributed by atoms with E-state index in [1.54, 1.807) is 0 Å². The Bertz CT molecular complexity index is 480.